The van der Waals surface area contributed by atoms with Crippen molar-refractivity contribution in [3.63, 3.8) is 0 Å². The van der Waals surface area contributed by atoms with E-state index in [1.807, 2.05) is 23.5 Å². The van der Waals surface area contributed by atoms with Gasteiger partial charge in [0.2, 0.25) is 0 Å². The quantitative estimate of drug-likeness (QED) is 0.715. The monoisotopic (exact) mass is 304 g/mol. The zero-order valence-corrected chi connectivity index (χ0v) is 12.6. The van der Waals surface area contributed by atoms with Crippen LogP contribution in [0.1, 0.15) is 19.8 Å². The molecule has 0 bridgehead atoms. The third-order valence-corrected chi connectivity index (χ3v) is 6.43. The van der Waals surface area contributed by atoms with Gasteiger partial charge in [-0.15, -0.1) is 0 Å². The van der Waals surface area contributed by atoms with E-state index in [1.54, 1.807) is 6.92 Å². The predicted molar refractivity (Wildman–Crippen MR) is 78.9 cm³/mol. The molecule has 0 spiro atoms. The lowest BCUT2D eigenvalue weighted by molar-refractivity contribution is -0.144. The fourth-order valence-corrected chi connectivity index (χ4v) is 4.74. The minimum absolute atomic E-state index is 0.0651. The van der Waals surface area contributed by atoms with Gasteiger partial charge in [-0.3, -0.25) is 0 Å². The molecule has 0 aromatic rings. The van der Waals surface area contributed by atoms with Crippen molar-refractivity contribution in [3.05, 3.63) is 0 Å². The number of rotatable bonds is 5. The number of nitrogens with one attached hydrogen (secondary N) is 2. The molecule has 19 heavy (non-hydrogen) atoms. The summed E-state index contributed by atoms with van der Waals surface area (Å²) in [5.74, 6) is 2.45. The van der Waals surface area contributed by atoms with Gasteiger partial charge in [0.25, 0.3) is 0 Å². The maximum absolute atomic E-state index is 11.8. The molecule has 2 atom stereocenters. The summed E-state index contributed by atoms with van der Waals surface area (Å²) in [6, 6.07) is -0.368. The number of hydrogen-bond donors (Lipinski definition) is 3. The minimum atomic E-state index is -1.13. The van der Waals surface area contributed by atoms with Crippen molar-refractivity contribution in [2.24, 2.45) is 5.92 Å². The zero-order valence-electron chi connectivity index (χ0n) is 11.0. The highest BCUT2D eigenvalue weighted by molar-refractivity contribution is 8.06. The Balaban J connectivity index is 1.77. The molecule has 2 unspecified atom stereocenters. The number of amides is 2. The van der Waals surface area contributed by atoms with Crippen LogP contribution in [0.25, 0.3) is 0 Å². The van der Waals surface area contributed by atoms with E-state index in [9.17, 15) is 14.7 Å². The molecule has 1 saturated heterocycles. The number of hydrogen-bond acceptors (Lipinski definition) is 4. The van der Waals surface area contributed by atoms with Gasteiger partial charge in [-0.1, -0.05) is 0 Å². The highest BCUT2D eigenvalue weighted by atomic mass is 32.2. The van der Waals surface area contributed by atoms with Crippen LogP contribution in [0, 0.1) is 5.92 Å². The average molecular weight is 304 g/mol. The molecule has 2 fully saturated rings. The number of thioether (sulfide) groups is 2. The molecule has 2 amide bonds. The largest absolute Gasteiger partial charge is 0.480 e. The van der Waals surface area contributed by atoms with Gasteiger partial charge in [-0.2, -0.15) is 23.5 Å². The molecule has 0 aromatic heterocycles. The lowest BCUT2D eigenvalue weighted by Gasteiger charge is -2.27. The molecule has 0 radical (unpaired) electrons. The topological polar surface area (TPSA) is 78.4 Å². The second kappa shape index (κ2) is 6.26. The molecule has 2 rings (SSSR count). The zero-order chi connectivity index (χ0) is 13.9. The van der Waals surface area contributed by atoms with Crippen molar-refractivity contribution in [1.29, 1.82) is 0 Å². The number of carboxylic acid groups (broad SMARTS) is 1. The summed E-state index contributed by atoms with van der Waals surface area (Å²) in [6.07, 6.45) is 1.75. The first-order valence-corrected chi connectivity index (χ1v) is 8.71. The van der Waals surface area contributed by atoms with Gasteiger partial charge >= 0.3 is 12.0 Å². The predicted octanol–water partition coefficient (Wildman–Crippen LogP) is 1.39. The summed E-state index contributed by atoms with van der Waals surface area (Å²) in [7, 11) is 0. The van der Waals surface area contributed by atoms with E-state index < -0.39 is 11.5 Å². The molecule has 5 nitrogen and oxygen atoms in total. The van der Waals surface area contributed by atoms with Gasteiger partial charge < -0.3 is 15.7 Å². The number of urea groups is 1. The summed E-state index contributed by atoms with van der Waals surface area (Å²) < 4.78 is 0. The average Bonchev–Trinajstić information content (AvgIpc) is 3.22. The molecule has 1 saturated carbocycles. The van der Waals surface area contributed by atoms with Gasteiger partial charge in [0.1, 0.15) is 5.54 Å². The SMILES string of the molecule is CC(NC(=O)NCC1CSCCS1)(C(=O)O)C1CC1. The molecule has 1 aliphatic heterocycles. The summed E-state index contributed by atoms with van der Waals surface area (Å²) in [4.78, 5) is 23.1. The Bertz CT molecular complexity index is 357. The number of aliphatic carboxylic acids is 1. The highest BCUT2D eigenvalue weighted by Crippen LogP contribution is 2.39. The van der Waals surface area contributed by atoms with Crippen molar-refractivity contribution >= 4 is 35.5 Å². The summed E-state index contributed by atoms with van der Waals surface area (Å²) >= 11 is 3.77. The van der Waals surface area contributed by atoms with E-state index in [0.29, 0.717) is 11.8 Å². The molecular weight excluding hydrogens is 284 g/mol. The van der Waals surface area contributed by atoms with Gasteiger partial charge in [0.05, 0.1) is 0 Å². The maximum atomic E-state index is 11.8. The van der Waals surface area contributed by atoms with Crippen LogP contribution in [0.5, 0.6) is 0 Å². The first kappa shape index (κ1) is 14.8. The van der Waals surface area contributed by atoms with Gasteiger partial charge in [0.15, 0.2) is 0 Å². The lowest BCUT2D eigenvalue weighted by atomic mass is 9.96. The third-order valence-electron chi connectivity index (χ3n) is 3.59. The van der Waals surface area contributed by atoms with E-state index in [-0.39, 0.29) is 11.9 Å². The first-order valence-electron chi connectivity index (χ1n) is 6.51. The van der Waals surface area contributed by atoms with E-state index in [4.69, 9.17) is 0 Å². The number of carbonyl (C=O) groups excluding carboxylic acids is 1. The van der Waals surface area contributed by atoms with E-state index in [0.717, 1.165) is 24.3 Å². The van der Waals surface area contributed by atoms with E-state index >= 15 is 0 Å². The third kappa shape index (κ3) is 3.95. The van der Waals surface area contributed by atoms with Crippen molar-refractivity contribution in [3.8, 4) is 0 Å². The summed E-state index contributed by atoms with van der Waals surface area (Å²) in [5, 5.41) is 15.1. The molecule has 1 aliphatic carbocycles. The Hall–Kier alpha value is -0.560. The van der Waals surface area contributed by atoms with Crippen LogP contribution >= 0.6 is 23.5 Å². The number of carboxylic acids is 1. The van der Waals surface area contributed by atoms with Crippen LogP contribution < -0.4 is 10.6 Å². The van der Waals surface area contributed by atoms with Crippen LogP contribution in [0.4, 0.5) is 4.79 Å². The van der Waals surface area contributed by atoms with Gasteiger partial charge in [-0.05, 0) is 25.7 Å². The Morgan fingerprint density at radius 1 is 1.37 bits per heavy atom. The van der Waals surface area contributed by atoms with Crippen LogP contribution in [0.3, 0.4) is 0 Å². The molecule has 1 heterocycles. The van der Waals surface area contributed by atoms with Crippen molar-refractivity contribution in [2.75, 3.05) is 23.8 Å². The van der Waals surface area contributed by atoms with Crippen LogP contribution in [0.2, 0.25) is 0 Å². The van der Waals surface area contributed by atoms with E-state index in [2.05, 4.69) is 10.6 Å². The van der Waals surface area contributed by atoms with Crippen molar-refractivity contribution in [2.45, 2.75) is 30.6 Å². The van der Waals surface area contributed by atoms with Crippen LogP contribution in [0.15, 0.2) is 0 Å². The normalized spacial score (nSPS) is 26.3. The van der Waals surface area contributed by atoms with Crippen molar-refractivity contribution < 1.29 is 14.7 Å². The molecule has 2 aliphatic rings. The Morgan fingerprint density at radius 2 is 2.11 bits per heavy atom. The van der Waals surface area contributed by atoms with Crippen molar-refractivity contribution in [1.82, 2.24) is 10.6 Å². The smallest absolute Gasteiger partial charge is 0.329 e. The summed E-state index contributed by atoms with van der Waals surface area (Å²) in [6.45, 7) is 2.20. The lowest BCUT2D eigenvalue weighted by Crippen LogP contribution is -2.57. The Labute approximate surface area is 121 Å². The number of carbonyl (C=O) groups is 2. The second-order valence-electron chi connectivity index (χ2n) is 5.18. The second-order valence-corrected chi connectivity index (χ2v) is 7.74. The maximum Gasteiger partial charge on any atom is 0.329 e. The molecule has 108 valence electrons. The fraction of sp³-hybridized carbons (Fsp3) is 0.833. The van der Waals surface area contributed by atoms with Gasteiger partial charge in [-0.25, -0.2) is 9.59 Å². The molecule has 3 N–H and O–H groups in total. The van der Waals surface area contributed by atoms with E-state index in [1.165, 1.54) is 5.75 Å². The highest BCUT2D eigenvalue weighted by Gasteiger charge is 2.48. The molecular formula is C12H20N2O3S2. The van der Waals surface area contributed by atoms with Crippen LogP contribution in [-0.4, -0.2) is 51.7 Å². The van der Waals surface area contributed by atoms with Crippen LogP contribution in [-0.2, 0) is 4.79 Å². The molecule has 7 heteroatoms. The van der Waals surface area contributed by atoms with Gasteiger partial charge in [0, 0.05) is 29.1 Å². The first-order chi connectivity index (χ1) is 9.02. The fourth-order valence-electron chi connectivity index (χ4n) is 2.13. The molecule has 0 aromatic carbocycles. The Morgan fingerprint density at radius 3 is 2.63 bits per heavy atom. The standard InChI is InChI=1S/C12H20N2O3S2/c1-12(10(15)16,8-2-3-8)14-11(17)13-6-9-7-18-4-5-19-9/h8-9H,2-7H2,1H3,(H,15,16)(H2,13,14,17). The Kier molecular flexibility index (Phi) is 4.89. The minimum Gasteiger partial charge on any atom is -0.480 e. The summed E-state index contributed by atoms with van der Waals surface area (Å²) in [5.41, 5.74) is -1.13.